The third kappa shape index (κ3) is 4.05. The third-order valence-corrected chi connectivity index (χ3v) is 3.13. The Labute approximate surface area is 123 Å². The van der Waals surface area contributed by atoms with Crippen LogP contribution in [0.5, 0.6) is 5.75 Å². The van der Waals surface area contributed by atoms with E-state index in [9.17, 15) is 9.18 Å². The van der Waals surface area contributed by atoms with Crippen molar-refractivity contribution < 1.29 is 19.0 Å². The molecule has 2 aromatic rings. The van der Waals surface area contributed by atoms with Crippen molar-refractivity contribution in [2.45, 2.75) is 26.4 Å². The molecule has 0 aliphatic carbocycles. The lowest BCUT2D eigenvalue weighted by molar-refractivity contribution is 0.0696. The van der Waals surface area contributed by atoms with Crippen molar-refractivity contribution in [3.63, 3.8) is 0 Å². The molecular formula is C17H17FO3. The van der Waals surface area contributed by atoms with Crippen molar-refractivity contribution in [2.24, 2.45) is 0 Å². The summed E-state index contributed by atoms with van der Waals surface area (Å²) in [6.07, 6.45) is 0. The lowest BCUT2D eigenvalue weighted by atomic mass is 10.0. The van der Waals surface area contributed by atoms with E-state index in [1.807, 2.05) is 24.3 Å². The van der Waals surface area contributed by atoms with Crippen molar-refractivity contribution in [2.75, 3.05) is 0 Å². The zero-order valence-corrected chi connectivity index (χ0v) is 12.0. The molecule has 0 fully saturated rings. The highest BCUT2D eigenvalue weighted by Gasteiger charge is 2.08. The summed E-state index contributed by atoms with van der Waals surface area (Å²) in [5, 5.41) is 8.91. The summed E-state index contributed by atoms with van der Waals surface area (Å²) in [5.74, 6) is -0.661. The van der Waals surface area contributed by atoms with Gasteiger partial charge in [0, 0.05) is 0 Å². The first-order chi connectivity index (χ1) is 9.95. The first kappa shape index (κ1) is 15.0. The van der Waals surface area contributed by atoms with Gasteiger partial charge in [0.25, 0.3) is 0 Å². The van der Waals surface area contributed by atoms with E-state index in [0.717, 1.165) is 11.6 Å². The van der Waals surface area contributed by atoms with Gasteiger partial charge in [-0.05, 0) is 47.4 Å². The van der Waals surface area contributed by atoms with Crippen LogP contribution in [0, 0.1) is 5.82 Å². The van der Waals surface area contributed by atoms with Gasteiger partial charge in [0.05, 0.1) is 5.56 Å². The number of rotatable bonds is 5. The first-order valence-electron chi connectivity index (χ1n) is 6.71. The summed E-state index contributed by atoms with van der Waals surface area (Å²) in [5.41, 5.74) is 1.56. The van der Waals surface area contributed by atoms with E-state index in [2.05, 4.69) is 13.8 Å². The summed E-state index contributed by atoms with van der Waals surface area (Å²) in [6.45, 7) is 4.30. The maximum absolute atomic E-state index is 13.4. The Morgan fingerprint density at radius 1 is 1.24 bits per heavy atom. The smallest absolute Gasteiger partial charge is 0.335 e. The van der Waals surface area contributed by atoms with E-state index in [1.54, 1.807) is 0 Å². The van der Waals surface area contributed by atoms with Crippen LogP contribution in [-0.4, -0.2) is 11.1 Å². The Morgan fingerprint density at radius 2 is 2.00 bits per heavy atom. The van der Waals surface area contributed by atoms with Crippen LogP contribution in [0.3, 0.4) is 0 Å². The normalized spacial score (nSPS) is 10.7. The number of carbonyl (C=O) groups is 1. The molecule has 0 saturated carbocycles. The molecule has 21 heavy (non-hydrogen) atoms. The van der Waals surface area contributed by atoms with Gasteiger partial charge in [-0.25, -0.2) is 9.18 Å². The van der Waals surface area contributed by atoms with Gasteiger partial charge in [0.15, 0.2) is 0 Å². The largest absolute Gasteiger partial charge is 0.489 e. The van der Waals surface area contributed by atoms with Gasteiger partial charge in [0.2, 0.25) is 0 Å². The molecule has 4 heteroatoms. The summed E-state index contributed by atoms with van der Waals surface area (Å²) < 4.78 is 19.0. The summed E-state index contributed by atoms with van der Waals surface area (Å²) in [6, 6.07) is 11.4. The minimum absolute atomic E-state index is 0.0791. The molecule has 0 unspecified atom stereocenters. The molecule has 0 saturated heterocycles. The summed E-state index contributed by atoms with van der Waals surface area (Å²) in [7, 11) is 0. The molecule has 0 radical (unpaired) electrons. The lowest BCUT2D eigenvalue weighted by Crippen LogP contribution is -2.02. The number of benzene rings is 2. The topological polar surface area (TPSA) is 46.5 Å². The van der Waals surface area contributed by atoms with Gasteiger partial charge < -0.3 is 9.84 Å². The van der Waals surface area contributed by atoms with Crippen molar-refractivity contribution in [3.8, 4) is 5.75 Å². The van der Waals surface area contributed by atoms with Gasteiger partial charge in [-0.1, -0.05) is 26.0 Å². The predicted octanol–water partition coefficient (Wildman–Crippen LogP) is 4.23. The Bertz CT molecular complexity index is 650. The molecule has 0 spiro atoms. The molecule has 3 nitrogen and oxygen atoms in total. The molecule has 0 aliphatic heterocycles. The minimum Gasteiger partial charge on any atom is -0.489 e. The second-order valence-corrected chi connectivity index (χ2v) is 5.17. The monoisotopic (exact) mass is 288 g/mol. The molecule has 1 N–H and O–H groups in total. The van der Waals surface area contributed by atoms with E-state index >= 15 is 0 Å². The van der Waals surface area contributed by atoms with Crippen molar-refractivity contribution in [1.29, 1.82) is 0 Å². The number of carboxylic acid groups (broad SMARTS) is 1. The van der Waals surface area contributed by atoms with Gasteiger partial charge in [-0.15, -0.1) is 0 Å². The average Bonchev–Trinajstić information content (AvgIpc) is 2.45. The summed E-state index contributed by atoms with van der Waals surface area (Å²) in [4.78, 5) is 10.9. The Kier molecular flexibility index (Phi) is 4.58. The second kappa shape index (κ2) is 6.39. The van der Waals surface area contributed by atoms with E-state index in [0.29, 0.717) is 17.2 Å². The molecule has 0 bridgehead atoms. The molecule has 0 aliphatic rings. The van der Waals surface area contributed by atoms with Crippen LogP contribution >= 0.6 is 0 Å². The van der Waals surface area contributed by atoms with Crippen molar-refractivity contribution in [1.82, 2.24) is 0 Å². The highest BCUT2D eigenvalue weighted by Crippen LogP contribution is 2.21. The molecule has 0 atom stereocenters. The number of hydrogen-bond acceptors (Lipinski definition) is 2. The maximum atomic E-state index is 13.4. The Morgan fingerprint density at radius 3 is 2.67 bits per heavy atom. The highest BCUT2D eigenvalue weighted by atomic mass is 19.1. The number of aromatic carboxylic acids is 1. The molecule has 2 aromatic carbocycles. The van der Waals surface area contributed by atoms with Crippen LogP contribution in [0.15, 0.2) is 42.5 Å². The predicted molar refractivity (Wildman–Crippen MR) is 78.2 cm³/mol. The Balaban J connectivity index is 2.13. The van der Waals surface area contributed by atoms with Crippen LogP contribution in [0.2, 0.25) is 0 Å². The molecule has 110 valence electrons. The van der Waals surface area contributed by atoms with Gasteiger partial charge in [-0.3, -0.25) is 0 Å². The van der Waals surface area contributed by atoms with Crippen molar-refractivity contribution in [3.05, 3.63) is 65.0 Å². The standard InChI is InChI=1S/C17H17FO3/c1-11(2)13-4-3-5-16(9-13)21-10-12-6-14(17(19)20)8-15(18)7-12/h3-9,11H,10H2,1-2H3,(H,19,20). The van der Waals surface area contributed by atoms with Gasteiger partial charge in [-0.2, -0.15) is 0 Å². The Hall–Kier alpha value is -2.36. The highest BCUT2D eigenvalue weighted by molar-refractivity contribution is 5.87. The zero-order chi connectivity index (χ0) is 15.4. The van der Waals surface area contributed by atoms with Crippen LogP contribution in [-0.2, 0) is 6.61 Å². The SMILES string of the molecule is CC(C)c1cccc(OCc2cc(F)cc(C(=O)O)c2)c1. The van der Waals surface area contributed by atoms with Crippen molar-refractivity contribution >= 4 is 5.97 Å². The third-order valence-electron chi connectivity index (χ3n) is 3.13. The molecule has 0 heterocycles. The fourth-order valence-electron chi connectivity index (χ4n) is 1.99. The second-order valence-electron chi connectivity index (χ2n) is 5.17. The summed E-state index contributed by atoms with van der Waals surface area (Å²) >= 11 is 0. The zero-order valence-electron chi connectivity index (χ0n) is 12.0. The van der Waals surface area contributed by atoms with E-state index in [4.69, 9.17) is 9.84 Å². The molecule has 2 rings (SSSR count). The maximum Gasteiger partial charge on any atom is 0.335 e. The van der Waals surface area contributed by atoms with E-state index in [1.165, 1.54) is 12.1 Å². The fraction of sp³-hybridized carbons (Fsp3) is 0.235. The number of carboxylic acids is 1. The fourth-order valence-corrected chi connectivity index (χ4v) is 1.99. The van der Waals surface area contributed by atoms with Gasteiger partial charge >= 0.3 is 5.97 Å². The average molecular weight is 288 g/mol. The number of halogens is 1. The first-order valence-corrected chi connectivity index (χ1v) is 6.71. The quantitative estimate of drug-likeness (QED) is 0.895. The number of hydrogen-bond donors (Lipinski definition) is 1. The molecule has 0 aromatic heterocycles. The van der Waals surface area contributed by atoms with Crippen LogP contribution < -0.4 is 4.74 Å². The van der Waals surface area contributed by atoms with E-state index in [-0.39, 0.29) is 12.2 Å². The van der Waals surface area contributed by atoms with Gasteiger partial charge in [0.1, 0.15) is 18.2 Å². The van der Waals surface area contributed by atoms with Crippen LogP contribution in [0.4, 0.5) is 4.39 Å². The van der Waals surface area contributed by atoms with E-state index < -0.39 is 11.8 Å². The van der Waals surface area contributed by atoms with Crippen LogP contribution in [0.1, 0.15) is 41.3 Å². The minimum atomic E-state index is -1.16. The number of ether oxygens (including phenoxy) is 1. The van der Waals surface area contributed by atoms with Crippen LogP contribution in [0.25, 0.3) is 0 Å². The molecule has 0 amide bonds. The lowest BCUT2D eigenvalue weighted by Gasteiger charge is -2.10. The molecular weight excluding hydrogens is 271 g/mol.